The number of hydrogen-bond donors (Lipinski definition) is 24. The smallest absolute Gasteiger partial charge is 0.328 e. The van der Waals surface area contributed by atoms with Gasteiger partial charge in [-0.2, -0.15) is 0 Å². The minimum absolute atomic E-state index is 0.0231. The molecule has 0 amide bonds. The van der Waals surface area contributed by atoms with Crippen LogP contribution in [0, 0.1) is 10.8 Å². The van der Waals surface area contributed by atoms with E-state index in [4.69, 9.17) is 118 Å². The third-order valence-corrected chi connectivity index (χ3v) is 11.0. The number of benzene rings is 1. The number of hydrogen-bond acceptors (Lipinski definition) is 24. The van der Waals surface area contributed by atoms with E-state index in [9.17, 15) is 47.9 Å². The number of esters is 2. The van der Waals surface area contributed by atoms with E-state index in [2.05, 4.69) is 21.3 Å². The average Bonchev–Trinajstić information content (AvgIpc) is 4.20. The van der Waals surface area contributed by atoms with Gasteiger partial charge in [0.1, 0.15) is 66.2 Å². The minimum atomic E-state index is -1.32. The largest absolute Gasteiger partial charge is 0.481 e. The van der Waals surface area contributed by atoms with E-state index in [-0.39, 0.29) is 49.2 Å². The first kappa shape index (κ1) is 83.5. The summed E-state index contributed by atoms with van der Waals surface area (Å²) < 4.78 is 10.3. The Morgan fingerprint density at radius 2 is 0.976 bits per heavy atom. The van der Waals surface area contributed by atoms with Crippen LogP contribution >= 0.6 is 0 Å². The van der Waals surface area contributed by atoms with Crippen LogP contribution in [0.5, 0.6) is 5.75 Å². The quantitative estimate of drug-likeness (QED) is 0.0117. The molecule has 2 saturated heterocycles. The number of nitrogens with two attached hydrogens (primary N) is 10. The third-order valence-electron chi connectivity index (χ3n) is 11.0. The molecule has 36 nitrogen and oxygen atoms in total. The zero-order chi connectivity index (χ0) is 66.4. The highest BCUT2D eigenvalue weighted by Gasteiger charge is 2.27. The van der Waals surface area contributed by atoms with Crippen LogP contribution in [0.4, 0.5) is 0 Å². The lowest BCUT2D eigenvalue weighted by molar-refractivity contribution is -0.155. The summed E-state index contributed by atoms with van der Waals surface area (Å²) in [5.74, 6) is -8.94. The Morgan fingerprint density at radius 3 is 1.29 bits per heavy atom. The number of ether oxygens (including phenoxy) is 2. The van der Waals surface area contributed by atoms with Crippen molar-refractivity contribution < 1.29 is 98.3 Å². The molecule has 2 fully saturated rings. The lowest BCUT2D eigenvalue weighted by atomic mass is 10.1. The summed E-state index contributed by atoms with van der Waals surface area (Å²) >= 11 is 0. The Labute approximate surface area is 490 Å². The first-order valence-corrected chi connectivity index (χ1v) is 26.5. The van der Waals surface area contributed by atoms with Crippen molar-refractivity contribution in [3.05, 3.63) is 29.8 Å². The van der Waals surface area contributed by atoms with E-state index < -0.39 is 102 Å². The molecule has 1 aromatic rings. The highest BCUT2D eigenvalue weighted by Crippen LogP contribution is 2.16. The van der Waals surface area contributed by atoms with Crippen molar-refractivity contribution in [2.45, 2.75) is 164 Å². The molecule has 0 saturated carbocycles. The van der Waals surface area contributed by atoms with Gasteiger partial charge in [-0.15, -0.1) is 0 Å². The van der Waals surface area contributed by atoms with Gasteiger partial charge in [0, 0.05) is 19.5 Å². The van der Waals surface area contributed by atoms with Crippen LogP contribution in [-0.2, 0) is 59.1 Å². The number of aliphatic carboxylic acids is 8. The molecule has 0 bridgehead atoms. The maximum atomic E-state index is 12.0. The molecule has 10 atom stereocenters. The molecule has 1 aromatic carbocycles. The summed E-state index contributed by atoms with van der Waals surface area (Å²) in [5.41, 5.74) is 52.6. The zero-order valence-electron chi connectivity index (χ0n) is 47.8. The molecule has 0 aliphatic carbocycles. The Balaban J connectivity index is -0.000000482. The van der Waals surface area contributed by atoms with Gasteiger partial charge in [-0.25, -0.2) is 4.79 Å². The number of carboxylic acid groups (broad SMARTS) is 8. The lowest BCUT2D eigenvalue weighted by Crippen LogP contribution is -2.45. The summed E-state index contributed by atoms with van der Waals surface area (Å²) in [6, 6.07) is -0.317. The number of nitrogens with one attached hydrogen (secondary N) is 6. The average molecular weight is 1230 g/mol. The van der Waals surface area contributed by atoms with Gasteiger partial charge < -0.3 is 129 Å². The zero-order valence-corrected chi connectivity index (χ0v) is 47.8. The second-order valence-corrected chi connectivity index (χ2v) is 18.6. The van der Waals surface area contributed by atoms with Crippen LogP contribution in [0.1, 0.15) is 103 Å². The van der Waals surface area contributed by atoms with Crippen molar-refractivity contribution in [2.75, 3.05) is 32.7 Å². The molecule has 34 N–H and O–H groups in total. The van der Waals surface area contributed by atoms with Crippen molar-refractivity contribution in [3.8, 4) is 5.75 Å². The highest BCUT2D eigenvalue weighted by molar-refractivity contribution is 5.80. The van der Waals surface area contributed by atoms with E-state index in [0.29, 0.717) is 57.5 Å². The molecule has 2 heterocycles. The summed E-state index contributed by atoms with van der Waals surface area (Å²) in [6.07, 6.45) is 6.58. The number of carbonyl (C=O) groups excluding carboxylic acids is 2. The van der Waals surface area contributed by atoms with Crippen molar-refractivity contribution in [1.29, 1.82) is 10.8 Å². The second kappa shape index (κ2) is 49.5. The first-order chi connectivity index (χ1) is 39.5. The lowest BCUT2D eigenvalue weighted by Gasteiger charge is -2.19. The van der Waals surface area contributed by atoms with Gasteiger partial charge in [0.2, 0.25) is 0 Å². The maximum absolute atomic E-state index is 12.0. The van der Waals surface area contributed by atoms with Crippen LogP contribution < -0.4 is 83.3 Å². The normalized spacial score (nSPS) is 16.3. The van der Waals surface area contributed by atoms with Gasteiger partial charge in [0.15, 0.2) is 11.9 Å². The molecule has 2 aliphatic rings. The molecule has 0 spiro atoms. The van der Waals surface area contributed by atoms with E-state index in [0.717, 1.165) is 57.2 Å². The number of rotatable bonds is 29. The molecule has 0 unspecified atom stereocenters. The number of carbonyl (C=O) groups is 10. The molecule has 2 aliphatic heterocycles. The number of unbranched alkanes of at least 4 members (excludes halogenated alkanes) is 1. The van der Waals surface area contributed by atoms with Crippen LogP contribution in [-0.4, -0.2) is 206 Å². The minimum Gasteiger partial charge on any atom is -0.481 e. The van der Waals surface area contributed by atoms with Gasteiger partial charge in [-0.3, -0.25) is 54.0 Å². The fraction of sp³-hybridized carbons (Fsp3) is 0.633. The van der Waals surface area contributed by atoms with E-state index >= 15 is 0 Å². The van der Waals surface area contributed by atoms with Crippen molar-refractivity contribution in [3.63, 3.8) is 0 Å². The molecule has 488 valence electrons. The fourth-order valence-electron chi connectivity index (χ4n) is 5.92. The summed E-state index contributed by atoms with van der Waals surface area (Å²) in [6.45, 7) is 6.05. The predicted molar refractivity (Wildman–Crippen MR) is 306 cm³/mol. The first-order valence-electron chi connectivity index (χ1n) is 26.5. The predicted octanol–water partition coefficient (Wildman–Crippen LogP) is -5.09. The Bertz CT molecular complexity index is 2130. The number of guanidine groups is 2. The molecular weight excluding hydrogens is 1130 g/mol. The molecule has 3 rings (SSSR count). The van der Waals surface area contributed by atoms with Crippen LogP contribution in [0.2, 0.25) is 0 Å². The van der Waals surface area contributed by atoms with E-state index in [1.165, 1.54) is 13.8 Å². The summed E-state index contributed by atoms with van der Waals surface area (Å²) in [7, 11) is 0. The molecule has 36 heteroatoms. The molecule has 85 heavy (non-hydrogen) atoms. The van der Waals surface area contributed by atoms with Gasteiger partial charge in [0.05, 0.1) is 0 Å². The monoisotopic (exact) mass is 1220 g/mol. The Kier molecular flexibility index (Phi) is 48.6. The van der Waals surface area contributed by atoms with Crippen molar-refractivity contribution in [1.82, 2.24) is 21.3 Å². The van der Waals surface area contributed by atoms with Crippen LogP contribution in [0.15, 0.2) is 24.3 Å². The van der Waals surface area contributed by atoms with E-state index in [1.807, 2.05) is 0 Å². The molecular formula is C49H92N16O20. The maximum Gasteiger partial charge on any atom is 0.328 e. The van der Waals surface area contributed by atoms with Gasteiger partial charge in [-0.05, 0) is 128 Å². The van der Waals surface area contributed by atoms with Gasteiger partial charge in [0.25, 0.3) is 0 Å². The van der Waals surface area contributed by atoms with Crippen LogP contribution in [0.25, 0.3) is 0 Å². The summed E-state index contributed by atoms with van der Waals surface area (Å²) in [4.78, 5) is 105. The van der Waals surface area contributed by atoms with Gasteiger partial charge in [-0.1, -0.05) is 18.6 Å². The Hall–Kier alpha value is -7.94. The van der Waals surface area contributed by atoms with Crippen molar-refractivity contribution >= 4 is 71.6 Å². The Morgan fingerprint density at radius 1 is 0.576 bits per heavy atom. The summed E-state index contributed by atoms with van der Waals surface area (Å²) in [5, 5.41) is 91.0. The SMILES string of the molecule is C[C@@H](OC(=O)[C@@H](N)Cc1ccc(OC(=O)[C@@H]2CCCN2)cc1)[C@H](N)C(=O)O.C[C@H](N)C(=O)O.N=C(N)NCCC[C@H](N)C(=O)O.N=C(N)NCCC[C@H](N)C(=O)O.NCCCC[C@H](N)C(=O)O.N[C@@H](CCC(=O)O)C(=O)O.O=C(O)[C@@H]1CCCN1. The highest BCUT2D eigenvalue weighted by atomic mass is 16.5. The number of carboxylic acids is 8. The third kappa shape index (κ3) is 49.2. The molecule has 0 aromatic heterocycles. The fourth-order valence-corrected chi connectivity index (χ4v) is 5.92. The topological polar surface area (TPSA) is 707 Å². The standard InChI is InChI=1S/C18H25N3O6.2C6H14N4O2.C6H14N2O2.C5H9NO4.C5H9NO2.C3H7NO2/c1-10(15(20)16(22)23)26-17(24)13(19)9-11-4-6-12(7-5-11)27-18(25)14-3-2-8-21-14;2*7-4(5(11)12)2-1-3-10-6(8)9;7-4-2-1-3-5(8)6(9)10;6-3(5(9)10)1-2-4(7)8;7-5(8)4-2-1-3-6-4;1-2(4)3(5)6/h4-7,10,13-15,21H,2-3,8-9,19-20H2,1H3,(H,22,23);2*4H,1-3,7H2,(H,11,12)(H4,8,9,10);5H,1-4,7-8H2,(H,9,10);3H,1-2,6H2,(H,7,8)(H,9,10);4,6H,1-3H2,(H,7,8);2H,4H2,1H3,(H,5,6)/t10-,13+,14+,15+;2*4-;5-;3-;4-;2-/m1000000/s1. The van der Waals surface area contributed by atoms with E-state index in [1.54, 1.807) is 24.3 Å². The molecule has 0 radical (unpaired) electrons. The van der Waals surface area contributed by atoms with Gasteiger partial charge >= 0.3 is 59.7 Å². The second-order valence-electron chi connectivity index (χ2n) is 18.6. The van der Waals surface area contributed by atoms with Crippen LogP contribution in [0.3, 0.4) is 0 Å². The van der Waals surface area contributed by atoms with Crippen molar-refractivity contribution in [2.24, 2.45) is 57.3 Å².